The van der Waals surface area contributed by atoms with Gasteiger partial charge in [-0.05, 0) is 43.7 Å². The van der Waals surface area contributed by atoms with Crippen molar-refractivity contribution in [3.8, 4) is 5.75 Å². The summed E-state index contributed by atoms with van der Waals surface area (Å²) in [6.07, 6.45) is -1.37. The highest BCUT2D eigenvalue weighted by atomic mass is 19.2. The summed E-state index contributed by atoms with van der Waals surface area (Å²) in [4.78, 5) is 23.9. The quantitative estimate of drug-likeness (QED) is 0.653. The number of hydrogen-bond donors (Lipinski definition) is 2. The number of anilines is 1. The van der Waals surface area contributed by atoms with E-state index in [4.69, 9.17) is 4.74 Å². The van der Waals surface area contributed by atoms with Crippen LogP contribution in [-0.2, 0) is 9.53 Å². The number of ether oxygens (including phenoxy) is 1. The van der Waals surface area contributed by atoms with Crippen molar-refractivity contribution < 1.29 is 32.6 Å². The van der Waals surface area contributed by atoms with Crippen molar-refractivity contribution in [1.29, 1.82) is 0 Å². The Bertz CT molecular complexity index is 839. The number of benzene rings is 2. The first-order valence-corrected chi connectivity index (χ1v) is 7.15. The minimum atomic E-state index is -1.73. The summed E-state index contributed by atoms with van der Waals surface area (Å²) in [5.41, 5.74) is -0.0251. The minimum absolute atomic E-state index is 0.149. The Hall–Kier alpha value is -3.03. The lowest BCUT2D eigenvalue weighted by Gasteiger charge is -2.14. The van der Waals surface area contributed by atoms with Crippen molar-refractivity contribution in [3.63, 3.8) is 0 Å². The third-order valence-corrected chi connectivity index (χ3v) is 3.32. The number of aromatic hydroxyl groups is 1. The molecule has 0 aliphatic carbocycles. The zero-order valence-corrected chi connectivity index (χ0v) is 13.3. The summed E-state index contributed by atoms with van der Waals surface area (Å²) in [6.45, 7) is 2.91. The van der Waals surface area contributed by atoms with Crippen LogP contribution in [-0.4, -0.2) is 23.1 Å². The molecule has 0 saturated carbocycles. The van der Waals surface area contributed by atoms with Crippen LogP contribution in [0.2, 0.25) is 0 Å². The molecule has 8 heteroatoms. The van der Waals surface area contributed by atoms with Crippen molar-refractivity contribution in [3.05, 3.63) is 58.9 Å². The lowest BCUT2D eigenvalue weighted by Crippen LogP contribution is -2.30. The molecule has 0 radical (unpaired) electrons. The van der Waals surface area contributed by atoms with Crippen LogP contribution < -0.4 is 5.32 Å². The van der Waals surface area contributed by atoms with Gasteiger partial charge >= 0.3 is 5.97 Å². The van der Waals surface area contributed by atoms with Crippen LogP contribution in [0.4, 0.5) is 18.9 Å². The Morgan fingerprint density at radius 1 is 1.12 bits per heavy atom. The average Bonchev–Trinajstić information content (AvgIpc) is 2.55. The first-order chi connectivity index (χ1) is 11.7. The van der Waals surface area contributed by atoms with E-state index in [1.54, 1.807) is 13.0 Å². The fraction of sp³-hybridized carbons (Fsp3) is 0.176. The minimum Gasteiger partial charge on any atom is -0.507 e. The number of amides is 1. The molecule has 1 atom stereocenters. The third kappa shape index (κ3) is 4.09. The molecule has 2 N–H and O–H groups in total. The number of carbonyl (C=O) groups is 2. The second kappa shape index (κ2) is 7.25. The highest BCUT2D eigenvalue weighted by molar-refractivity contribution is 5.98. The molecule has 1 unspecified atom stereocenters. The van der Waals surface area contributed by atoms with E-state index < -0.39 is 41.1 Å². The number of hydrogen-bond acceptors (Lipinski definition) is 4. The number of aryl methyl sites for hydroxylation is 1. The van der Waals surface area contributed by atoms with Crippen LogP contribution in [0.1, 0.15) is 22.8 Å². The van der Waals surface area contributed by atoms with E-state index in [0.29, 0.717) is 11.6 Å². The molecule has 0 fully saturated rings. The highest BCUT2D eigenvalue weighted by Gasteiger charge is 2.23. The normalized spacial score (nSPS) is 11.7. The molecule has 1 amide bonds. The Labute approximate surface area is 141 Å². The molecule has 0 aliphatic rings. The van der Waals surface area contributed by atoms with Gasteiger partial charge in [-0.1, -0.05) is 6.07 Å². The number of phenols is 1. The van der Waals surface area contributed by atoms with E-state index in [1.165, 1.54) is 19.1 Å². The largest absolute Gasteiger partial charge is 0.507 e. The van der Waals surface area contributed by atoms with Gasteiger partial charge in [0.1, 0.15) is 11.3 Å². The summed E-state index contributed by atoms with van der Waals surface area (Å²) in [5, 5.41) is 11.7. The highest BCUT2D eigenvalue weighted by Crippen LogP contribution is 2.21. The van der Waals surface area contributed by atoms with Crippen molar-refractivity contribution >= 4 is 17.6 Å². The van der Waals surface area contributed by atoms with Gasteiger partial charge in [-0.15, -0.1) is 0 Å². The van der Waals surface area contributed by atoms with Crippen LogP contribution in [0.15, 0.2) is 30.3 Å². The van der Waals surface area contributed by atoms with Crippen LogP contribution in [0.25, 0.3) is 0 Å². The van der Waals surface area contributed by atoms with E-state index in [0.717, 1.165) is 6.07 Å². The molecule has 0 bridgehead atoms. The topological polar surface area (TPSA) is 75.6 Å². The smallest absolute Gasteiger partial charge is 0.342 e. The Balaban J connectivity index is 2.08. The van der Waals surface area contributed by atoms with Gasteiger partial charge < -0.3 is 15.2 Å². The van der Waals surface area contributed by atoms with Crippen molar-refractivity contribution in [2.75, 3.05) is 5.32 Å². The maximum atomic E-state index is 13.5. The predicted molar refractivity (Wildman–Crippen MR) is 82.7 cm³/mol. The van der Waals surface area contributed by atoms with Gasteiger partial charge in [0, 0.05) is 0 Å². The van der Waals surface area contributed by atoms with E-state index in [2.05, 4.69) is 0 Å². The van der Waals surface area contributed by atoms with Gasteiger partial charge in [-0.3, -0.25) is 4.79 Å². The average molecular weight is 353 g/mol. The summed E-state index contributed by atoms with van der Waals surface area (Å²) >= 11 is 0. The molecule has 0 aromatic heterocycles. The van der Waals surface area contributed by atoms with Crippen molar-refractivity contribution in [2.45, 2.75) is 20.0 Å². The second-order valence-electron chi connectivity index (χ2n) is 5.28. The molecule has 0 saturated heterocycles. The summed E-state index contributed by atoms with van der Waals surface area (Å²) < 4.78 is 44.4. The van der Waals surface area contributed by atoms with Gasteiger partial charge in [-0.2, -0.15) is 0 Å². The molecule has 2 aromatic carbocycles. The monoisotopic (exact) mass is 353 g/mol. The van der Waals surface area contributed by atoms with E-state index in [1.807, 2.05) is 5.32 Å². The predicted octanol–water partition coefficient (Wildman–Crippen LogP) is 3.30. The molecule has 132 valence electrons. The maximum absolute atomic E-state index is 13.5. The van der Waals surface area contributed by atoms with Crippen molar-refractivity contribution in [1.82, 2.24) is 0 Å². The summed E-state index contributed by atoms with van der Waals surface area (Å²) in [7, 11) is 0. The molecule has 0 heterocycles. The standard InChI is InChI=1S/C17H14F3NO4/c1-8-3-4-10(13(22)7-8)17(24)25-9(2)16(23)21-12-6-5-11(18)14(19)15(12)20/h3-7,9,22H,1-2H3,(H,21,23). The third-order valence-electron chi connectivity index (χ3n) is 3.32. The molecule has 25 heavy (non-hydrogen) atoms. The van der Waals surface area contributed by atoms with Crippen LogP contribution >= 0.6 is 0 Å². The van der Waals surface area contributed by atoms with Gasteiger partial charge in [0.15, 0.2) is 23.6 Å². The van der Waals surface area contributed by atoms with Gasteiger partial charge in [-0.25, -0.2) is 18.0 Å². The number of halogens is 3. The van der Waals surface area contributed by atoms with Crippen LogP contribution in [0.5, 0.6) is 5.75 Å². The molecule has 0 aliphatic heterocycles. The van der Waals surface area contributed by atoms with E-state index >= 15 is 0 Å². The van der Waals surface area contributed by atoms with Gasteiger partial charge in [0.05, 0.1) is 5.69 Å². The summed E-state index contributed by atoms with van der Waals surface area (Å²) in [5.74, 6) is -6.93. The number of esters is 1. The Morgan fingerprint density at radius 2 is 1.80 bits per heavy atom. The Kier molecular flexibility index (Phi) is 5.31. The lowest BCUT2D eigenvalue weighted by molar-refractivity contribution is -0.123. The zero-order valence-electron chi connectivity index (χ0n) is 13.3. The molecule has 2 rings (SSSR count). The zero-order chi connectivity index (χ0) is 18.7. The summed E-state index contributed by atoms with van der Waals surface area (Å²) in [6, 6.07) is 5.73. The van der Waals surface area contributed by atoms with Crippen molar-refractivity contribution in [2.24, 2.45) is 0 Å². The number of phenolic OH excluding ortho intramolecular Hbond substituents is 1. The maximum Gasteiger partial charge on any atom is 0.342 e. The van der Waals surface area contributed by atoms with E-state index in [9.17, 15) is 27.9 Å². The first kappa shape index (κ1) is 18.3. The molecule has 0 spiro atoms. The van der Waals surface area contributed by atoms with Gasteiger partial charge in [0.2, 0.25) is 0 Å². The van der Waals surface area contributed by atoms with Gasteiger partial charge in [0.25, 0.3) is 5.91 Å². The SMILES string of the molecule is Cc1ccc(C(=O)OC(C)C(=O)Nc2ccc(F)c(F)c2F)c(O)c1. The Morgan fingerprint density at radius 3 is 2.44 bits per heavy atom. The fourth-order valence-corrected chi connectivity index (χ4v) is 1.95. The van der Waals surface area contributed by atoms with Crippen LogP contribution in [0.3, 0.4) is 0 Å². The number of rotatable bonds is 4. The second-order valence-corrected chi connectivity index (χ2v) is 5.28. The first-order valence-electron chi connectivity index (χ1n) is 7.15. The molecule has 2 aromatic rings. The molecule has 5 nitrogen and oxygen atoms in total. The molecular weight excluding hydrogens is 339 g/mol. The van der Waals surface area contributed by atoms with Crippen LogP contribution in [0, 0.1) is 24.4 Å². The lowest BCUT2D eigenvalue weighted by atomic mass is 10.1. The number of nitrogens with one attached hydrogen (secondary N) is 1. The molecular formula is C17H14F3NO4. The fourth-order valence-electron chi connectivity index (χ4n) is 1.95. The van der Waals surface area contributed by atoms with E-state index in [-0.39, 0.29) is 11.3 Å². The number of carbonyl (C=O) groups excluding carboxylic acids is 2.